The lowest BCUT2D eigenvalue weighted by Crippen LogP contribution is -3.00. The van der Waals surface area contributed by atoms with Crippen LogP contribution in [0, 0.1) is 0 Å². The lowest BCUT2D eigenvalue weighted by Gasteiger charge is -2.39. The molecule has 0 N–H and O–H groups in total. The minimum Gasteiger partial charge on any atom is -1.00 e. The molecule has 0 aliphatic carbocycles. The summed E-state index contributed by atoms with van der Waals surface area (Å²) < 4.78 is 12.8. The summed E-state index contributed by atoms with van der Waals surface area (Å²) in [5.74, 6) is 0.340. The van der Waals surface area contributed by atoms with E-state index in [4.69, 9.17) is 9.47 Å². The van der Waals surface area contributed by atoms with Gasteiger partial charge in [0.25, 0.3) is 0 Å². The molecule has 1 fully saturated rings. The first-order valence-electron chi connectivity index (χ1n) is 16.7. The molecule has 1 saturated heterocycles. The van der Waals surface area contributed by atoms with Crippen LogP contribution in [0.25, 0.3) is 0 Å². The molecule has 0 aromatic rings. The first kappa shape index (κ1) is 37.8. The molecular formula is C33H66ClNO3. The number of morpholine rings is 1. The van der Waals surface area contributed by atoms with Crippen LogP contribution in [-0.2, 0) is 14.3 Å². The number of quaternary nitrogens is 1. The third kappa shape index (κ3) is 21.6. The van der Waals surface area contributed by atoms with E-state index in [0.29, 0.717) is 12.2 Å². The van der Waals surface area contributed by atoms with Gasteiger partial charge in [0, 0.05) is 13.0 Å². The van der Waals surface area contributed by atoms with Crippen LogP contribution in [0.15, 0.2) is 0 Å². The lowest BCUT2D eigenvalue weighted by atomic mass is 10.0. The molecule has 0 saturated carbocycles. The number of carbonyl (C=O) groups is 1. The van der Waals surface area contributed by atoms with Gasteiger partial charge in [-0.1, -0.05) is 136 Å². The Labute approximate surface area is 244 Å². The average Bonchev–Trinajstić information content (AvgIpc) is 2.90. The number of ether oxygens (including phenoxy) is 2. The van der Waals surface area contributed by atoms with Crippen molar-refractivity contribution >= 4 is 5.78 Å². The molecule has 1 unspecified atom stereocenters. The maximum atomic E-state index is 13.1. The zero-order valence-electron chi connectivity index (χ0n) is 25.9. The number of halogens is 1. The van der Waals surface area contributed by atoms with Gasteiger partial charge < -0.3 is 26.4 Å². The third-order valence-electron chi connectivity index (χ3n) is 8.36. The van der Waals surface area contributed by atoms with E-state index >= 15 is 0 Å². The van der Waals surface area contributed by atoms with Crippen LogP contribution in [0.4, 0.5) is 0 Å². The predicted octanol–water partition coefficient (Wildman–Crippen LogP) is 6.04. The highest BCUT2D eigenvalue weighted by Crippen LogP contribution is 2.16. The third-order valence-corrected chi connectivity index (χ3v) is 8.36. The molecule has 1 aliphatic rings. The van der Waals surface area contributed by atoms with Gasteiger partial charge in [0.05, 0.1) is 20.3 Å². The minimum absolute atomic E-state index is 0. The zero-order chi connectivity index (χ0) is 26.9. The van der Waals surface area contributed by atoms with Gasteiger partial charge in [-0.3, -0.25) is 4.79 Å². The molecule has 38 heavy (non-hydrogen) atoms. The number of hydrogen-bond donors (Lipinski definition) is 0. The second kappa shape index (κ2) is 27.0. The predicted molar refractivity (Wildman–Crippen MR) is 159 cm³/mol. The Morgan fingerprint density at radius 2 is 1.05 bits per heavy atom. The number of ketones is 1. The lowest BCUT2D eigenvalue weighted by molar-refractivity contribution is -0.918. The van der Waals surface area contributed by atoms with Crippen molar-refractivity contribution < 1.29 is 31.2 Å². The van der Waals surface area contributed by atoms with Gasteiger partial charge >= 0.3 is 0 Å². The van der Waals surface area contributed by atoms with Gasteiger partial charge in [0.1, 0.15) is 19.6 Å². The van der Waals surface area contributed by atoms with E-state index in [9.17, 15) is 4.79 Å². The van der Waals surface area contributed by atoms with E-state index < -0.39 is 0 Å². The van der Waals surface area contributed by atoms with E-state index in [1.54, 1.807) is 0 Å². The molecule has 1 atom stereocenters. The highest BCUT2D eigenvalue weighted by Gasteiger charge is 2.32. The summed E-state index contributed by atoms with van der Waals surface area (Å²) in [7, 11) is 2.27. The Hall–Kier alpha value is -0.160. The van der Waals surface area contributed by atoms with Crippen molar-refractivity contribution in [1.82, 2.24) is 0 Å². The number of rotatable bonds is 27. The normalized spacial score (nSPS) is 15.8. The molecule has 1 aliphatic heterocycles. The first-order chi connectivity index (χ1) is 18.1. The van der Waals surface area contributed by atoms with Crippen molar-refractivity contribution in [3.63, 3.8) is 0 Å². The van der Waals surface area contributed by atoms with E-state index in [1.807, 2.05) is 0 Å². The summed E-state index contributed by atoms with van der Waals surface area (Å²) >= 11 is 0. The number of likely N-dealkylation sites (N-methyl/N-ethyl adjacent to an activating group) is 1. The molecule has 1 heterocycles. The molecule has 1 rings (SSSR count). The monoisotopic (exact) mass is 559 g/mol. The van der Waals surface area contributed by atoms with Crippen molar-refractivity contribution in [2.75, 3.05) is 46.5 Å². The van der Waals surface area contributed by atoms with Crippen LogP contribution in [0.5, 0.6) is 0 Å². The van der Waals surface area contributed by atoms with E-state index in [2.05, 4.69) is 20.9 Å². The molecule has 0 spiro atoms. The molecule has 0 radical (unpaired) electrons. The number of nitrogens with zero attached hydrogens (tertiary/aromatic N) is 1. The van der Waals surface area contributed by atoms with Crippen molar-refractivity contribution in [3.8, 4) is 0 Å². The Morgan fingerprint density at radius 1 is 0.658 bits per heavy atom. The Kier molecular flexibility index (Phi) is 26.9. The van der Waals surface area contributed by atoms with E-state index in [-0.39, 0.29) is 18.5 Å². The molecule has 5 heteroatoms. The van der Waals surface area contributed by atoms with Gasteiger partial charge in [-0.2, -0.15) is 0 Å². The molecule has 0 aromatic heterocycles. The standard InChI is InChI=1S/C33H66NO3.ClH/c1-4-6-8-10-12-14-15-16-18-20-22-24-28-37-33(31-34(3)26-29-36-30-27-34)32(35)25-23-21-19-17-13-11-9-7-5-2;/h33H,4-31H2,1-3H3;1H/q+1;/p-1. The fourth-order valence-electron chi connectivity index (χ4n) is 5.55. The summed E-state index contributed by atoms with van der Waals surface area (Å²) in [6.07, 6.45) is 28.3. The fraction of sp³-hybridized carbons (Fsp3) is 0.970. The van der Waals surface area contributed by atoms with Crippen molar-refractivity contribution in [3.05, 3.63) is 0 Å². The summed E-state index contributed by atoms with van der Waals surface area (Å²) in [6.45, 7) is 9.69. The number of hydrogen-bond acceptors (Lipinski definition) is 3. The largest absolute Gasteiger partial charge is 1.00 e. The average molecular weight is 560 g/mol. The Morgan fingerprint density at radius 3 is 1.50 bits per heavy atom. The Bertz CT molecular complexity index is 510. The van der Waals surface area contributed by atoms with Crippen LogP contribution in [-0.4, -0.2) is 62.9 Å². The fourth-order valence-corrected chi connectivity index (χ4v) is 5.55. The molecule has 0 amide bonds. The molecule has 4 nitrogen and oxygen atoms in total. The number of unbranched alkanes of at least 4 members (excludes halogenated alkanes) is 19. The topological polar surface area (TPSA) is 35.5 Å². The smallest absolute Gasteiger partial charge is 0.167 e. The number of Topliss-reactive ketones (excluding diaryl/α,β-unsaturated/α-hetero) is 1. The second-order valence-corrected chi connectivity index (χ2v) is 12.2. The van der Waals surface area contributed by atoms with Crippen LogP contribution in [0.1, 0.15) is 155 Å². The zero-order valence-corrected chi connectivity index (χ0v) is 26.7. The summed E-state index contributed by atoms with van der Waals surface area (Å²) in [5.41, 5.74) is 0. The quantitative estimate of drug-likeness (QED) is 0.0908. The Balaban J connectivity index is 0.0000137. The second-order valence-electron chi connectivity index (χ2n) is 12.2. The van der Waals surface area contributed by atoms with Crippen molar-refractivity contribution in [2.24, 2.45) is 0 Å². The van der Waals surface area contributed by atoms with Gasteiger partial charge in [-0.05, 0) is 12.8 Å². The summed E-state index contributed by atoms with van der Waals surface area (Å²) in [4.78, 5) is 13.1. The van der Waals surface area contributed by atoms with Gasteiger partial charge in [0.2, 0.25) is 0 Å². The minimum atomic E-state index is -0.232. The van der Waals surface area contributed by atoms with E-state index in [0.717, 1.165) is 56.8 Å². The summed E-state index contributed by atoms with van der Waals surface area (Å²) in [6, 6.07) is 0. The van der Waals surface area contributed by atoms with Gasteiger partial charge in [-0.15, -0.1) is 0 Å². The molecule has 0 aromatic carbocycles. The molecule has 0 bridgehead atoms. The first-order valence-corrected chi connectivity index (χ1v) is 16.7. The molecular weight excluding hydrogens is 494 g/mol. The highest BCUT2D eigenvalue weighted by atomic mass is 35.5. The highest BCUT2D eigenvalue weighted by molar-refractivity contribution is 5.83. The van der Waals surface area contributed by atoms with Gasteiger partial charge in [-0.25, -0.2) is 0 Å². The molecule has 228 valence electrons. The van der Waals surface area contributed by atoms with Crippen molar-refractivity contribution in [1.29, 1.82) is 0 Å². The van der Waals surface area contributed by atoms with Crippen LogP contribution < -0.4 is 12.4 Å². The van der Waals surface area contributed by atoms with Crippen molar-refractivity contribution in [2.45, 2.75) is 161 Å². The van der Waals surface area contributed by atoms with Crippen LogP contribution in [0.3, 0.4) is 0 Å². The maximum Gasteiger partial charge on any atom is 0.167 e. The van der Waals surface area contributed by atoms with Crippen LogP contribution in [0.2, 0.25) is 0 Å². The van der Waals surface area contributed by atoms with Crippen LogP contribution >= 0.6 is 0 Å². The van der Waals surface area contributed by atoms with Gasteiger partial charge in [0.15, 0.2) is 11.9 Å². The number of carbonyl (C=O) groups excluding carboxylic acids is 1. The van der Waals surface area contributed by atoms with E-state index in [1.165, 1.54) is 122 Å². The SMILES string of the molecule is CCCCCCCCCCCCCCOC(C[N+]1(C)CCOCC1)C(=O)CCCCCCCCCCC.[Cl-]. The summed E-state index contributed by atoms with van der Waals surface area (Å²) in [5, 5.41) is 0. The maximum absolute atomic E-state index is 13.1.